The molecule has 0 amide bonds. The van der Waals surface area contributed by atoms with Crippen molar-refractivity contribution in [2.75, 3.05) is 20.0 Å². The molecule has 2 heterocycles. The number of anilines is 1. The Morgan fingerprint density at radius 1 is 1.19 bits per heavy atom. The first kappa shape index (κ1) is 36.9. The van der Waals surface area contributed by atoms with Gasteiger partial charge in [-0.2, -0.15) is 5.10 Å². The van der Waals surface area contributed by atoms with Crippen molar-refractivity contribution in [2.45, 2.75) is 53.6 Å². The van der Waals surface area contributed by atoms with Gasteiger partial charge in [0.1, 0.15) is 12.0 Å². The van der Waals surface area contributed by atoms with E-state index in [9.17, 15) is 14.9 Å². The van der Waals surface area contributed by atoms with E-state index >= 15 is 0 Å². The van der Waals surface area contributed by atoms with Crippen LogP contribution in [0.5, 0.6) is 0 Å². The average molecular weight is 655 g/mol. The molecule has 4 aromatic rings. The van der Waals surface area contributed by atoms with Gasteiger partial charge in [0.2, 0.25) is 0 Å². The molecule has 4 rings (SSSR count). The van der Waals surface area contributed by atoms with Crippen molar-refractivity contribution >= 4 is 44.5 Å². The predicted molar refractivity (Wildman–Crippen MR) is 176 cm³/mol. The SMILES string of the molecule is CC.CC(C)(C)O.COC.Cc1c(CC=O)c(Br)c(C#Cc2ccnc(-c3ccc4c(cnn4C)c3)c2)c(N)c1[N+](=O)[O-]. The number of hydrogen-bond donors (Lipinski definition) is 2. The third-order valence-electron chi connectivity index (χ3n) is 5.42. The molecule has 0 aliphatic rings. The molecule has 3 N–H and O–H groups in total. The van der Waals surface area contributed by atoms with Gasteiger partial charge in [0.15, 0.2) is 0 Å². The van der Waals surface area contributed by atoms with Crippen molar-refractivity contribution in [2.24, 2.45) is 7.05 Å². The zero-order valence-corrected chi connectivity index (χ0v) is 27.7. The van der Waals surface area contributed by atoms with Crippen LogP contribution < -0.4 is 5.73 Å². The number of carbonyl (C=O) groups excluding carboxylic acids is 1. The summed E-state index contributed by atoms with van der Waals surface area (Å²) in [7, 11) is 5.14. The third kappa shape index (κ3) is 10.6. The van der Waals surface area contributed by atoms with E-state index in [-0.39, 0.29) is 23.4 Å². The van der Waals surface area contributed by atoms with Gasteiger partial charge in [-0.15, -0.1) is 0 Å². The maximum Gasteiger partial charge on any atom is 0.296 e. The number of aldehydes is 1. The molecule has 10 nitrogen and oxygen atoms in total. The van der Waals surface area contributed by atoms with E-state index in [1.165, 1.54) is 0 Å². The zero-order chi connectivity index (χ0) is 32.9. The summed E-state index contributed by atoms with van der Waals surface area (Å²) < 4.78 is 6.54. The second kappa shape index (κ2) is 17.1. The Kier molecular flexibility index (Phi) is 14.7. The van der Waals surface area contributed by atoms with Crippen molar-refractivity contribution in [3.8, 4) is 23.1 Å². The fourth-order valence-electron chi connectivity index (χ4n) is 3.70. The van der Waals surface area contributed by atoms with Gasteiger partial charge in [-0.25, -0.2) is 0 Å². The number of methoxy groups -OCH3 is 1. The lowest BCUT2D eigenvalue weighted by Gasteiger charge is -2.12. The van der Waals surface area contributed by atoms with E-state index in [4.69, 9.17) is 10.8 Å². The molecule has 0 saturated heterocycles. The van der Waals surface area contributed by atoms with Gasteiger partial charge < -0.3 is 20.4 Å². The number of aryl methyl sites for hydroxylation is 1. The lowest BCUT2D eigenvalue weighted by molar-refractivity contribution is -0.384. The Labute approximate surface area is 261 Å². The highest BCUT2D eigenvalue weighted by Crippen LogP contribution is 2.38. The van der Waals surface area contributed by atoms with Gasteiger partial charge in [0.05, 0.1) is 33.5 Å². The van der Waals surface area contributed by atoms with Crippen molar-refractivity contribution < 1.29 is 19.6 Å². The standard InChI is InChI=1S/C24H18BrN5O3.C4H10O.C2H6O.C2H6/c1-14-18(8-10-31)22(25)19(23(26)24(14)30(32)33)5-3-15-7-9-27-20(11-15)16-4-6-21-17(12-16)13-28-29(21)2;1-4(2,3)5;1-3-2;1-2/h4,6-7,9-13H,8,26H2,1-2H3;5H,1-3H3;1-2H3;1-2H3. The molecule has 0 aliphatic heterocycles. The number of ether oxygens (including phenoxy) is 1. The van der Waals surface area contributed by atoms with Crippen molar-refractivity contribution in [1.29, 1.82) is 0 Å². The van der Waals surface area contributed by atoms with E-state index in [1.54, 1.807) is 65.1 Å². The summed E-state index contributed by atoms with van der Waals surface area (Å²) in [4.78, 5) is 26.6. The molecule has 0 spiro atoms. The number of rotatable bonds is 4. The number of halogens is 1. The number of hydrogen-bond acceptors (Lipinski definition) is 8. The molecule has 43 heavy (non-hydrogen) atoms. The van der Waals surface area contributed by atoms with Gasteiger partial charge >= 0.3 is 0 Å². The summed E-state index contributed by atoms with van der Waals surface area (Å²) in [6.45, 7) is 10.8. The number of nitrogens with two attached hydrogens (primary N) is 1. The molecule has 2 aromatic heterocycles. The number of carbonyl (C=O) groups is 1. The molecule has 0 fully saturated rings. The highest BCUT2D eigenvalue weighted by atomic mass is 79.9. The summed E-state index contributed by atoms with van der Waals surface area (Å²) in [5.74, 6) is 5.97. The minimum atomic E-state index is -0.546. The van der Waals surface area contributed by atoms with Crippen LogP contribution in [0.2, 0.25) is 0 Å². The molecule has 0 aliphatic carbocycles. The van der Waals surface area contributed by atoms with Crippen LogP contribution in [0.3, 0.4) is 0 Å². The van der Waals surface area contributed by atoms with E-state index in [0.29, 0.717) is 27.4 Å². The quantitative estimate of drug-likeness (QED) is 0.0845. The highest BCUT2D eigenvalue weighted by molar-refractivity contribution is 9.10. The minimum absolute atomic E-state index is 0.0123. The average Bonchev–Trinajstić information content (AvgIpc) is 3.31. The van der Waals surface area contributed by atoms with Gasteiger partial charge in [-0.3, -0.25) is 19.8 Å². The van der Waals surface area contributed by atoms with Crippen LogP contribution in [-0.4, -0.2) is 50.9 Å². The largest absolute Gasteiger partial charge is 0.392 e. The number of aromatic nitrogens is 3. The third-order valence-corrected chi connectivity index (χ3v) is 6.30. The van der Waals surface area contributed by atoms with E-state index in [1.807, 2.05) is 45.2 Å². The maximum absolute atomic E-state index is 11.6. The fraction of sp³-hybridized carbons (Fsp3) is 0.344. The summed E-state index contributed by atoms with van der Waals surface area (Å²) in [5, 5.41) is 25.4. The van der Waals surface area contributed by atoms with Crippen LogP contribution in [0, 0.1) is 28.9 Å². The van der Waals surface area contributed by atoms with Crippen LogP contribution in [0.25, 0.3) is 22.2 Å². The zero-order valence-electron chi connectivity index (χ0n) is 26.2. The molecule has 0 unspecified atom stereocenters. The van der Waals surface area contributed by atoms with Crippen LogP contribution in [0.15, 0.2) is 47.2 Å². The fourth-order valence-corrected chi connectivity index (χ4v) is 4.48. The van der Waals surface area contributed by atoms with Crippen LogP contribution in [-0.2, 0) is 23.0 Å². The van der Waals surface area contributed by atoms with Gasteiger partial charge in [0, 0.05) is 60.4 Å². The molecular formula is C32H40BrN5O5. The Morgan fingerprint density at radius 3 is 2.35 bits per heavy atom. The number of nitrogen functional groups attached to an aromatic ring is 1. The van der Waals surface area contributed by atoms with Crippen molar-refractivity contribution in [1.82, 2.24) is 14.8 Å². The topological polar surface area (TPSA) is 146 Å². The lowest BCUT2D eigenvalue weighted by atomic mass is 9.98. The van der Waals surface area contributed by atoms with E-state index in [2.05, 4.69) is 42.6 Å². The molecule has 2 aromatic carbocycles. The molecule has 0 atom stereocenters. The van der Waals surface area contributed by atoms with E-state index in [0.717, 1.165) is 22.2 Å². The number of nitro groups is 1. The monoisotopic (exact) mass is 653 g/mol. The number of fused-ring (bicyclic) bond motifs is 1. The van der Waals surface area contributed by atoms with Crippen LogP contribution >= 0.6 is 15.9 Å². The van der Waals surface area contributed by atoms with E-state index < -0.39 is 10.5 Å². The Morgan fingerprint density at radius 2 is 1.79 bits per heavy atom. The normalized spacial score (nSPS) is 10.1. The number of nitrogens with zero attached hydrogens (tertiary/aromatic N) is 4. The Balaban J connectivity index is 0.000000813. The molecule has 0 bridgehead atoms. The first-order valence-electron chi connectivity index (χ1n) is 13.4. The number of nitro benzene ring substituents is 1. The first-order chi connectivity index (χ1) is 20.2. The van der Waals surface area contributed by atoms with Crippen molar-refractivity contribution in [3.05, 3.63) is 79.6 Å². The number of benzene rings is 2. The van der Waals surface area contributed by atoms with Gasteiger partial charge in [-0.1, -0.05) is 31.8 Å². The second-order valence-corrected chi connectivity index (χ2v) is 10.8. The van der Waals surface area contributed by atoms with Gasteiger partial charge in [0.25, 0.3) is 5.69 Å². The predicted octanol–water partition coefficient (Wildman–Crippen LogP) is 6.40. The van der Waals surface area contributed by atoms with Crippen molar-refractivity contribution in [3.63, 3.8) is 0 Å². The summed E-state index contributed by atoms with van der Waals surface area (Å²) in [5.41, 5.74) is 9.78. The highest BCUT2D eigenvalue weighted by Gasteiger charge is 2.25. The van der Waals surface area contributed by atoms with Crippen LogP contribution in [0.1, 0.15) is 56.9 Å². The minimum Gasteiger partial charge on any atom is -0.392 e. The lowest BCUT2D eigenvalue weighted by Crippen LogP contribution is -2.10. The number of pyridine rings is 1. The summed E-state index contributed by atoms with van der Waals surface area (Å²) in [6, 6.07) is 9.54. The summed E-state index contributed by atoms with van der Waals surface area (Å²) >= 11 is 3.43. The maximum atomic E-state index is 11.6. The molecular weight excluding hydrogens is 614 g/mol. The molecule has 11 heteroatoms. The molecule has 0 radical (unpaired) electrons. The number of aliphatic hydroxyl groups is 1. The molecule has 230 valence electrons. The Hall–Kier alpha value is -4.11. The summed E-state index contributed by atoms with van der Waals surface area (Å²) in [6.07, 6.45) is 4.15. The van der Waals surface area contributed by atoms with Crippen LogP contribution in [0.4, 0.5) is 11.4 Å². The van der Waals surface area contributed by atoms with Gasteiger partial charge in [-0.05, 0) is 73.5 Å². The smallest absolute Gasteiger partial charge is 0.296 e. The molecule has 0 saturated carbocycles. The second-order valence-electron chi connectivity index (χ2n) is 9.98. The first-order valence-corrected chi connectivity index (χ1v) is 14.2. The Bertz CT molecular complexity index is 1610.